The van der Waals surface area contributed by atoms with Crippen molar-refractivity contribution in [1.82, 2.24) is 15.1 Å². The minimum absolute atomic E-state index is 0.140. The van der Waals surface area contributed by atoms with E-state index in [0.717, 1.165) is 17.7 Å². The third-order valence-electron chi connectivity index (χ3n) is 5.43. The molecular weight excluding hydrogens is 360 g/mol. The second-order valence-corrected chi connectivity index (χ2v) is 8.57. The molecular formula is C18H23F2N3O2S. The molecule has 4 rings (SSSR count). The molecule has 1 saturated carbocycles. The first-order chi connectivity index (χ1) is 12.4. The number of halogens is 2. The Balaban J connectivity index is 1.31. The van der Waals surface area contributed by atoms with Crippen molar-refractivity contribution in [3.8, 4) is 0 Å². The summed E-state index contributed by atoms with van der Waals surface area (Å²) in [7, 11) is 0. The molecule has 2 aliphatic heterocycles. The molecule has 3 fully saturated rings. The molecule has 1 atom stereocenters. The highest BCUT2D eigenvalue weighted by atomic mass is 32.1. The maximum atomic E-state index is 14.0. The fourth-order valence-electron chi connectivity index (χ4n) is 3.78. The van der Waals surface area contributed by atoms with Crippen LogP contribution in [0.1, 0.15) is 24.1 Å². The van der Waals surface area contributed by atoms with Crippen LogP contribution in [0.2, 0.25) is 0 Å². The van der Waals surface area contributed by atoms with Crippen molar-refractivity contribution in [2.45, 2.75) is 43.7 Å². The average Bonchev–Trinajstić information content (AvgIpc) is 3.18. The number of likely N-dealkylation sites (tertiary alicyclic amines) is 2. The number of nitrogens with one attached hydrogen (secondary N) is 1. The Morgan fingerprint density at radius 2 is 2.08 bits per heavy atom. The minimum Gasteiger partial charge on any atom is -0.354 e. The molecule has 1 aromatic heterocycles. The first-order valence-corrected chi connectivity index (χ1v) is 10.0. The number of hydrogen-bond acceptors (Lipinski definition) is 4. The third kappa shape index (κ3) is 3.76. The van der Waals surface area contributed by atoms with Gasteiger partial charge in [0.2, 0.25) is 11.8 Å². The van der Waals surface area contributed by atoms with E-state index in [0.29, 0.717) is 26.1 Å². The van der Waals surface area contributed by atoms with Crippen LogP contribution in [-0.2, 0) is 16.0 Å². The van der Waals surface area contributed by atoms with E-state index in [1.807, 2.05) is 17.5 Å². The normalized spacial score (nSPS) is 25.9. The lowest BCUT2D eigenvalue weighted by Crippen LogP contribution is -2.64. The molecule has 3 aliphatic rings. The molecule has 5 nitrogen and oxygen atoms in total. The molecule has 3 heterocycles. The molecule has 0 bridgehead atoms. The minimum atomic E-state index is -2.85. The second kappa shape index (κ2) is 6.88. The SMILES string of the molecule is O=C(NCCc1cccs1)[C@@H]1CC(F)(F)CN1C1CN(C(=O)C2CC2)C1. The van der Waals surface area contributed by atoms with E-state index in [1.54, 1.807) is 21.1 Å². The van der Waals surface area contributed by atoms with E-state index in [-0.39, 0.29) is 23.8 Å². The van der Waals surface area contributed by atoms with Crippen molar-refractivity contribution < 1.29 is 18.4 Å². The van der Waals surface area contributed by atoms with Gasteiger partial charge in [0.1, 0.15) is 0 Å². The fraction of sp³-hybridized carbons (Fsp3) is 0.667. The Hall–Kier alpha value is -1.54. The van der Waals surface area contributed by atoms with E-state index in [4.69, 9.17) is 0 Å². The van der Waals surface area contributed by atoms with Crippen molar-refractivity contribution >= 4 is 23.2 Å². The summed E-state index contributed by atoms with van der Waals surface area (Å²) in [4.78, 5) is 29.0. The van der Waals surface area contributed by atoms with Gasteiger partial charge in [0.05, 0.1) is 12.6 Å². The summed E-state index contributed by atoms with van der Waals surface area (Å²) in [6, 6.07) is 2.99. The van der Waals surface area contributed by atoms with Gasteiger partial charge in [-0.15, -0.1) is 11.3 Å². The van der Waals surface area contributed by atoms with Gasteiger partial charge in [0, 0.05) is 42.9 Å². The van der Waals surface area contributed by atoms with Crippen LogP contribution in [0.15, 0.2) is 17.5 Å². The van der Waals surface area contributed by atoms with Gasteiger partial charge in [-0.25, -0.2) is 8.78 Å². The molecule has 26 heavy (non-hydrogen) atoms. The van der Waals surface area contributed by atoms with Gasteiger partial charge in [-0.2, -0.15) is 0 Å². The fourth-order valence-corrected chi connectivity index (χ4v) is 4.49. The lowest BCUT2D eigenvalue weighted by molar-refractivity contribution is -0.141. The van der Waals surface area contributed by atoms with E-state index in [1.165, 1.54) is 0 Å². The monoisotopic (exact) mass is 383 g/mol. The van der Waals surface area contributed by atoms with Crippen LogP contribution >= 0.6 is 11.3 Å². The Kier molecular flexibility index (Phi) is 4.73. The summed E-state index contributed by atoms with van der Waals surface area (Å²) in [5.74, 6) is -2.89. The summed E-state index contributed by atoms with van der Waals surface area (Å²) in [6.45, 7) is 0.979. The largest absolute Gasteiger partial charge is 0.354 e. The molecule has 1 aromatic rings. The Labute approximate surface area is 155 Å². The molecule has 2 amide bonds. The molecule has 142 valence electrons. The highest BCUT2D eigenvalue weighted by Crippen LogP contribution is 2.37. The molecule has 2 saturated heterocycles. The van der Waals surface area contributed by atoms with Crippen molar-refractivity contribution in [3.63, 3.8) is 0 Å². The molecule has 0 aromatic carbocycles. The number of rotatable bonds is 6. The van der Waals surface area contributed by atoms with Crippen molar-refractivity contribution in [3.05, 3.63) is 22.4 Å². The molecule has 0 spiro atoms. The molecule has 8 heteroatoms. The highest BCUT2D eigenvalue weighted by molar-refractivity contribution is 7.09. The van der Waals surface area contributed by atoms with Gasteiger partial charge in [0.25, 0.3) is 5.92 Å². The predicted octanol–water partition coefficient (Wildman–Crippen LogP) is 1.74. The molecule has 1 aliphatic carbocycles. The summed E-state index contributed by atoms with van der Waals surface area (Å²) in [5.41, 5.74) is 0. The van der Waals surface area contributed by atoms with Gasteiger partial charge in [-0.1, -0.05) is 6.07 Å². The Morgan fingerprint density at radius 1 is 1.31 bits per heavy atom. The van der Waals surface area contributed by atoms with Crippen molar-refractivity contribution in [1.29, 1.82) is 0 Å². The number of nitrogens with zero attached hydrogens (tertiary/aromatic N) is 2. The lowest BCUT2D eigenvalue weighted by Gasteiger charge is -2.45. The molecule has 0 radical (unpaired) electrons. The summed E-state index contributed by atoms with van der Waals surface area (Å²) in [5, 5.41) is 4.78. The van der Waals surface area contributed by atoms with E-state index < -0.39 is 24.9 Å². The van der Waals surface area contributed by atoms with Crippen LogP contribution in [0, 0.1) is 5.92 Å². The predicted molar refractivity (Wildman–Crippen MR) is 94.2 cm³/mol. The van der Waals surface area contributed by atoms with Crippen LogP contribution in [0.5, 0.6) is 0 Å². The number of hydrogen-bond donors (Lipinski definition) is 1. The number of alkyl halides is 2. The van der Waals surface area contributed by atoms with Crippen LogP contribution in [0.4, 0.5) is 8.78 Å². The molecule has 1 N–H and O–H groups in total. The van der Waals surface area contributed by atoms with E-state index in [2.05, 4.69) is 5.32 Å². The number of thiophene rings is 1. The first kappa shape index (κ1) is 17.9. The number of carbonyl (C=O) groups excluding carboxylic acids is 2. The Morgan fingerprint density at radius 3 is 2.73 bits per heavy atom. The van der Waals surface area contributed by atoms with Crippen LogP contribution in [-0.4, -0.2) is 65.8 Å². The zero-order valence-electron chi connectivity index (χ0n) is 14.5. The summed E-state index contributed by atoms with van der Waals surface area (Å²) in [6.07, 6.45) is 2.15. The van der Waals surface area contributed by atoms with Crippen molar-refractivity contribution in [2.24, 2.45) is 5.92 Å². The van der Waals surface area contributed by atoms with Crippen LogP contribution < -0.4 is 5.32 Å². The second-order valence-electron chi connectivity index (χ2n) is 7.54. The zero-order valence-corrected chi connectivity index (χ0v) is 15.3. The van der Waals surface area contributed by atoms with Gasteiger partial charge in [-0.05, 0) is 30.7 Å². The van der Waals surface area contributed by atoms with Gasteiger partial charge in [0.15, 0.2) is 0 Å². The summed E-state index contributed by atoms with van der Waals surface area (Å²) >= 11 is 1.62. The van der Waals surface area contributed by atoms with Crippen LogP contribution in [0.25, 0.3) is 0 Å². The summed E-state index contributed by atoms with van der Waals surface area (Å²) < 4.78 is 27.9. The Bertz CT molecular complexity index is 672. The van der Waals surface area contributed by atoms with Gasteiger partial charge < -0.3 is 10.2 Å². The van der Waals surface area contributed by atoms with E-state index >= 15 is 0 Å². The third-order valence-corrected chi connectivity index (χ3v) is 6.37. The van der Waals surface area contributed by atoms with Crippen LogP contribution in [0.3, 0.4) is 0 Å². The van der Waals surface area contributed by atoms with Gasteiger partial charge in [-0.3, -0.25) is 14.5 Å². The molecule has 0 unspecified atom stereocenters. The average molecular weight is 383 g/mol. The van der Waals surface area contributed by atoms with E-state index in [9.17, 15) is 18.4 Å². The maximum Gasteiger partial charge on any atom is 0.262 e. The first-order valence-electron chi connectivity index (χ1n) is 9.15. The van der Waals surface area contributed by atoms with Crippen molar-refractivity contribution in [2.75, 3.05) is 26.2 Å². The smallest absolute Gasteiger partial charge is 0.262 e. The lowest BCUT2D eigenvalue weighted by atomic mass is 10.0. The zero-order chi connectivity index (χ0) is 18.3. The number of amides is 2. The maximum absolute atomic E-state index is 14.0. The van der Waals surface area contributed by atoms with Gasteiger partial charge >= 0.3 is 0 Å². The number of carbonyl (C=O) groups is 2. The topological polar surface area (TPSA) is 52.7 Å². The highest BCUT2D eigenvalue weighted by Gasteiger charge is 2.53. The quantitative estimate of drug-likeness (QED) is 0.814. The standard InChI is InChI=1S/C18H23F2N3O2S/c19-18(20)8-15(16(24)21-6-5-14-2-1-7-26-14)23(11-18)13-9-22(10-13)17(25)12-3-4-12/h1-2,7,12-13,15H,3-6,8-11H2,(H,21,24)/t15-/m0/s1.